The van der Waals surface area contributed by atoms with Gasteiger partial charge >= 0.3 is 0 Å². The van der Waals surface area contributed by atoms with E-state index in [-0.39, 0.29) is 12.3 Å². The first-order valence-electron chi connectivity index (χ1n) is 7.05. The van der Waals surface area contributed by atoms with E-state index in [1.165, 1.54) is 0 Å². The second kappa shape index (κ2) is 6.75. The largest absolute Gasteiger partial charge is 0.356 e. The van der Waals surface area contributed by atoms with Crippen molar-refractivity contribution >= 4 is 27.7 Å². The minimum Gasteiger partial charge on any atom is -0.356 e. The number of nitrogens with one attached hydrogen (secondary N) is 1. The summed E-state index contributed by atoms with van der Waals surface area (Å²) in [7, 11) is 0. The molecule has 0 saturated heterocycles. The highest BCUT2D eigenvalue weighted by Gasteiger charge is 2.12. The molecule has 3 aromatic rings. The third-order valence-electron chi connectivity index (χ3n) is 3.26. The van der Waals surface area contributed by atoms with Crippen LogP contribution in [-0.4, -0.2) is 16.0 Å². The number of amides is 1. The van der Waals surface area contributed by atoms with Crippen molar-refractivity contribution < 1.29 is 9.32 Å². The van der Waals surface area contributed by atoms with E-state index >= 15 is 0 Å². The maximum Gasteiger partial charge on any atom is 0.231 e. The van der Waals surface area contributed by atoms with Crippen LogP contribution >= 0.6 is 15.9 Å². The van der Waals surface area contributed by atoms with Crippen LogP contribution in [0.2, 0.25) is 0 Å². The Bertz CT molecular complexity index is 831. The molecule has 1 N–H and O–H groups in total. The number of benzene rings is 1. The SMILES string of the molecule is Cc1cc(Br)cnc1NC(=O)Cc1cc(-c2ccccc2)on1. The number of hydrogen-bond donors (Lipinski definition) is 1. The van der Waals surface area contributed by atoms with E-state index < -0.39 is 0 Å². The Labute approximate surface area is 141 Å². The second-order valence-electron chi connectivity index (χ2n) is 5.09. The molecule has 23 heavy (non-hydrogen) atoms. The zero-order chi connectivity index (χ0) is 16.2. The van der Waals surface area contributed by atoms with Crippen molar-refractivity contribution in [3.8, 4) is 11.3 Å². The van der Waals surface area contributed by atoms with Crippen molar-refractivity contribution in [2.75, 3.05) is 5.32 Å². The normalized spacial score (nSPS) is 10.5. The zero-order valence-electron chi connectivity index (χ0n) is 12.4. The number of aromatic nitrogens is 2. The van der Waals surface area contributed by atoms with Gasteiger partial charge in [0.2, 0.25) is 5.91 Å². The van der Waals surface area contributed by atoms with Crippen LogP contribution in [0.5, 0.6) is 0 Å². The molecular weight excluding hydrogens is 358 g/mol. The van der Waals surface area contributed by atoms with E-state index in [2.05, 4.69) is 31.4 Å². The van der Waals surface area contributed by atoms with Gasteiger partial charge in [-0.25, -0.2) is 4.98 Å². The summed E-state index contributed by atoms with van der Waals surface area (Å²) in [6, 6.07) is 13.3. The van der Waals surface area contributed by atoms with Crippen molar-refractivity contribution in [3.63, 3.8) is 0 Å². The molecule has 0 radical (unpaired) electrons. The monoisotopic (exact) mass is 371 g/mol. The Morgan fingerprint density at radius 2 is 2.04 bits per heavy atom. The van der Waals surface area contributed by atoms with Crippen LogP contribution in [0.3, 0.4) is 0 Å². The highest BCUT2D eigenvalue weighted by molar-refractivity contribution is 9.10. The Kier molecular flexibility index (Phi) is 4.52. The molecule has 0 saturated carbocycles. The van der Waals surface area contributed by atoms with Crippen molar-refractivity contribution in [1.29, 1.82) is 0 Å². The predicted molar refractivity (Wildman–Crippen MR) is 90.9 cm³/mol. The Hall–Kier alpha value is -2.47. The number of halogens is 1. The fourth-order valence-electron chi connectivity index (χ4n) is 2.15. The number of aryl methyl sites for hydroxylation is 1. The van der Waals surface area contributed by atoms with Gasteiger partial charge in [-0.2, -0.15) is 0 Å². The van der Waals surface area contributed by atoms with Crippen LogP contribution in [0.1, 0.15) is 11.3 Å². The fourth-order valence-corrected chi connectivity index (χ4v) is 2.59. The summed E-state index contributed by atoms with van der Waals surface area (Å²) in [6.07, 6.45) is 1.78. The van der Waals surface area contributed by atoms with E-state index in [0.717, 1.165) is 15.6 Å². The van der Waals surface area contributed by atoms with Crippen LogP contribution in [-0.2, 0) is 11.2 Å². The van der Waals surface area contributed by atoms with Crippen molar-refractivity contribution in [2.24, 2.45) is 0 Å². The first kappa shape index (κ1) is 15.4. The molecule has 5 nitrogen and oxygen atoms in total. The van der Waals surface area contributed by atoms with E-state index in [9.17, 15) is 4.79 Å². The van der Waals surface area contributed by atoms with Gasteiger partial charge in [-0.3, -0.25) is 4.79 Å². The molecule has 1 aromatic carbocycles. The number of hydrogen-bond acceptors (Lipinski definition) is 4. The van der Waals surface area contributed by atoms with Crippen molar-refractivity contribution in [2.45, 2.75) is 13.3 Å². The molecule has 0 spiro atoms. The Morgan fingerprint density at radius 3 is 2.78 bits per heavy atom. The Balaban J connectivity index is 1.68. The number of carbonyl (C=O) groups is 1. The van der Waals surface area contributed by atoms with E-state index in [0.29, 0.717) is 17.3 Å². The van der Waals surface area contributed by atoms with Crippen LogP contribution in [0.15, 0.2) is 57.7 Å². The summed E-state index contributed by atoms with van der Waals surface area (Å²) < 4.78 is 6.16. The minimum atomic E-state index is -0.184. The first-order valence-corrected chi connectivity index (χ1v) is 7.84. The predicted octanol–water partition coefficient (Wildman–Crippen LogP) is 3.99. The summed E-state index contributed by atoms with van der Waals surface area (Å²) in [6.45, 7) is 1.89. The molecule has 0 bridgehead atoms. The van der Waals surface area contributed by atoms with Gasteiger partial charge in [0.15, 0.2) is 5.76 Å². The summed E-state index contributed by atoms with van der Waals surface area (Å²) in [5.74, 6) is 1.01. The molecule has 2 aromatic heterocycles. The molecule has 0 aliphatic heterocycles. The van der Waals surface area contributed by atoms with E-state index in [1.807, 2.05) is 43.3 Å². The highest BCUT2D eigenvalue weighted by atomic mass is 79.9. The Morgan fingerprint density at radius 1 is 1.26 bits per heavy atom. The van der Waals surface area contributed by atoms with E-state index in [4.69, 9.17) is 4.52 Å². The fraction of sp³-hybridized carbons (Fsp3) is 0.118. The van der Waals surface area contributed by atoms with E-state index in [1.54, 1.807) is 12.3 Å². The lowest BCUT2D eigenvalue weighted by Gasteiger charge is -2.06. The van der Waals surface area contributed by atoms with Gasteiger partial charge in [-0.15, -0.1) is 0 Å². The van der Waals surface area contributed by atoms with Gasteiger partial charge < -0.3 is 9.84 Å². The molecule has 1 amide bonds. The number of carbonyl (C=O) groups excluding carboxylic acids is 1. The smallest absolute Gasteiger partial charge is 0.231 e. The molecule has 0 aliphatic carbocycles. The molecule has 0 unspecified atom stereocenters. The molecule has 0 aliphatic rings. The maximum atomic E-state index is 12.1. The molecule has 0 atom stereocenters. The van der Waals surface area contributed by atoms with Crippen LogP contribution < -0.4 is 5.32 Å². The van der Waals surface area contributed by atoms with Crippen molar-refractivity contribution in [1.82, 2.24) is 10.1 Å². The first-order chi connectivity index (χ1) is 11.1. The number of nitrogens with zero attached hydrogens (tertiary/aromatic N) is 2. The van der Waals surface area contributed by atoms with Crippen LogP contribution in [0.4, 0.5) is 5.82 Å². The van der Waals surface area contributed by atoms with Gasteiger partial charge in [-0.05, 0) is 34.5 Å². The van der Waals surface area contributed by atoms with Gasteiger partial charge in [0.25, 0.3) is 0 Å². The summed E-state index contributed by atoms with van der Waals surface area (Å²) in [5, 5.41) is 6.73. The highest BCUT2D eigenvalue weighted by Crippen LogP contribution is 2.20. The second-order valence-corrected chi connectivity index (χ2v) is 6.01. The number of anilines is 1. The zero-order valence-corrected chi connectivity index (χ0v) is 14.0. The van der Waals surface area contributed by atoms with Gasteiger partial charge in [-0.1, -0.05) is 35.5 Å². The molecule has 6 heteroatoms. The molecule has 2 heterocycles. The number of pyridine rings is 1. The average Bonchev–Trinajstić information content (AvgIpc) is 2.99. The lowest BCUT2D eigenvalue weighted by Crippen LogP contribution is -2.16. The maximum absolute atomic E-state index is 12.1. The average molecular weight is 372 g/mol. The molecule has 0 fully saturated rings. The van der Waals surface area contributed by atoms with Gasteiger partial charge in [0.05, 0.1) is 12.1 Å². The molecule has 116 valence electrons. The molecule has 3 rings (SSSR count). The third kappa shape index (κ3) is 3.84. The summed E-state index contributed by atoms with van der Waals surface area (Å²) >= 11 is 3.34. The lowest BCUT2D eigenvalue weighted by atomic mass is 10.1. The third-order valence-corrected chi connectivity index (χ3v) is 3.70. The molecular formula is C17H14BrN3O2. The van der Waals surface area contributed by atoms with Gasteiger partial charge in [0, 0.05) is 22.3 Å². The number of rotatable bonds is 4. The summed E-state index contributed by atoms with van der Waals surface area (Å²) in [5.41, 5.74) is 2.39. The lowest BCUT2D eigenvalue weighted by molar-refractivity contribution is -0.115. The van der Waals surface area contributed by atoms with Crippen LogP contribution in [0, 0.1) is 6.92 Å². The van der Waals surface area contributed by atoms with Gasteiger partial charge in [0.1, 0.15) is 5.82 Å². The van der Waals surface area contributed by atoms with Crippen LogP contribution in [0.25, 0.3) is 11.3 Å². The standard InChI is InChI=1S/C17H14BrN3O2/c1-11-7-13(18)10-19-17(11)20-16(22)9-14-8-15(23-21-14)12-5-3-2-4-6-12/h2-8,10H,9H2,1H3,(H,19,20,22). The van der Waals surface area contributed by atoms with Crippen molar-refractivity contribution in [3.05, 3.63) is 64.4 Å². The summed E-state index contributed by atoms with van der Waals surface area (Å²) in [4.78, 5) is 16.3. The topological polar surface area (TPSA) is 68.0 Å². The quantitative estimate of drug-likeness (QED) is 0.752. The minimum absolute atomic E-state index is 0.132.